The first-order valence-electron chi connectivity index (χ1n) is 6.21. The molecule has 0 aromatic carbocycles. The number of hydrogen-bond donors (Lipinski definition) is 1. The molecule has 6 nitrogen and oxygen atoms in total. The second-order valence-corrected chi connectivity index (χ2v) is 4.85. The molecule has 2 rings (SSSR count). The van der Waals surface area contributed by atoms with E-state index in [-0.39, 0.29) is 5.95 Å². The molecule has 0 fully saturated rings. The van der Waals surface area contributed by atoms with Crippen LogP contribution in [0, 0.1) is 0 Å². The molecule has 0 aliphatic rings. The lowest BCUT2D eigenvalue weighted by Gasteiger charge is -2.07. The smallest absolute Gasteiger partial charge is 0.247 e. The Balaban J connectivity index is 2.26. The van der Waals surface area contributed by atoms with E-state index in [1.807, 2.05) is 6.26 Å². The van der Waals surface area contributed by atoms with Gasteiger partial charge in [-0.25, -0.2) is 9.97 Å². The van der Waals surface area contributed by atoms with E-state index in [9.17, 15) is 0 Å². The number of thioether (sulfide) groups is 1. The standard InChI is InChI=1S/C12H17N5OS/c1-3-4-5-6-18-11-9-10(16-12(13)17-11)15-8(19-2)7-14-9/h7H,3-6H2,1-2H3,(H2,13,15,16,17). The van der Waals surface area contributed by atoms with Crippen molar-refractivity contribution in [2.45, 2.75) is 31.2 Å². The maximum Gasteiger partial charge on any atom is 0.247 e. The summed E-state index contributed by atoms with van der Waals surface area (Å²) >= 11 is 1.50. The molecular weight excluding hydrogens is 262 g/mol. The van der Waals surface area contributed by atoms with Gasteiger partial charge in [0.05, 0.1) is 12.8 Å². The third-order valence-electron chi connectivity index (χ3n) is 2.57. The lowest BCUT2D eigenvalue weighted by molar-refractivity contribution is 0.298. The van der Waals surface area contributed by atoms with Crippen LogP contribution in [0.15, 0.2) is 11.2 Å². The number of hydrogen-bond acceptors (Lipinski definition) is 7. The van der Waals surface area contributed by atoms with Crippen molar-refractivity contribution in [2.24, 2.45) is 0 Å². The highest BCUT2D eigenvalue weighted by Gasteiger charge is 2.10. The first-order chi connectivity index (χ1) is 9.24. The van der Waals surface area contributed by atoms with Crippen LogP contribution in [0.4, 0.5) is 5.95 Å². The molecule has 2 heterocycles. The van der Waals surface area contributed by atoms with E-state index >= 15 is 0 Å². The van der Waals surface area contributed by atoms with E-state index in [0.29, 0.717) is 23.7 Å². The normalized spacial score (nSPS) is 10.8. The number of ether oxygens (including phenoxy) is 1. The molecule has 0 saturated carbocycles. The van der Waals surface area contributed by atoms with Crippen molar-refractivity contribution in [3.8, 4) is 5.88 Å². The first-order valence-corrected chi connectivity index (χ1v) is 7.44. The Kier molecular flexibility index (Phi) is 4.73. The van der Waals surface area contributed by atoms with Crippen molar-refractivity contribution in [3.63, 3.8) is 0 Å². The van der Waals surface area contributed by atoms with Crippen LogP contribution >= 0.6 is 11.8 Å². The van der Waals surface area contributed by atoms with E-state index in [0.717, 1.165) is 24.3 Å². The van der Waals surface area contributed by atoms with Crippen LogP contribution in [-0.2, 0) is 0 Å². The van der Waals surface area contributed by atoms with Gasteiger partial charge in [-0.3, -0.25) is 0 Å². The fraction of sp³-hybridized carbons (Fsp3) is 0.500. The second-order valence-electron chi connectivity index (χ2n) is 4.03. The lowest BCUT2D eigenvalue weighted by atomic mass is 10.3. The Morgan fingerprint density at radius 3 is 2.84 bits per heavy atom. The molecule has 0 bridgehead atoms. The van der Waals surface area contributed by atoms with Gasteiger partial charge in [-0.15, -0.1) is 11.8 Å². The predicted octanol–water partition coefficient (Wildman–Crippen LogP) is 2.29. The van der Waals surface area contributed by atoms with E-state index in [1.165, 1.54) is 11.8 Å². The maximum atomic E-state index is 5.67. The molecule has 0 saturated heterocycles. The Hall–Kier alpha value is -1.63. The van der Waals surface area contributed by atoms with Crippen molar-refractivity contribution in [2.75, 3.05) is 18.6 Å². The number of unbranched alkanes of at least 4 members (excludes halogenated alkanes) is 2. The van der Waals surface area contributed by atoms with Gasteiger partial charge in [-0.2, -0.15) is 9.97 Å². The minimum atomic E-state index is 0.158. The van der Waals surface area contributed by atoms with Gasteiger partial charge >= 0.3 is 0 Å². The molecular formula is C12H17N5OS. The summed E-state index contributed by atoms with van der Waals surface area (Å²) in [6.45, 7) is 2.75. The highest BCUT2D eigenvalue weighted by atomic mass is 32.2. The average Bonchev–Trinajstić information content (AvgIpc) is 2.42. The highest BCUT2D eigenvalue weighted by Crippen LogP contribution is 2.22. The number of anilines is 1. The molecule has 0 aliphatic heterocycles. The van der Waals surface area contributed by atoms with Crippen molar-refractivity contribution in [1.29, 1.82) is 0 Å². The molecule has 2 aromatic rings. The lowest BCUT2D eigenvalue weighted by Crippen LogP contribution is -2.05. The third kappa shape index (κ3) is 3.44. The summed E-state index contributed by atoms with van der Waals surface area (Å²) in [6, 6.07) is 0. The predicted molar refractivity (Wildman–Crippen MR) is 76.3 cm³/mol. The van der Waals surface area contributed by atoms with Crippen molar-refractivity contribution < 1.29 is 4.74 Å². The van der Waals surface area contributed by atoms with Gasteiger partial charge in [0.2, 0.25) is 11.8 Å². The van der Waals surface area contributed by atoms with Gasteiger partial charge in [-0.05, 0) is 12.7 Å². The zero-order chi connectivity index (χ0) is 13.7. The highest BCUT2D eigenvalue weighted by molar-refractivity contribution is 7.98. The van der Waals surface area contributed by atoms with Crippen molar-refractivity contribution >= 4 is 28.9 Å². The molecule has 2 aromatic heterocycles. The third-order valence-corrected chi connectivity index (χ3v) is 3.18. The number of nitrogen functional groups attached to an aromatic ring is 1. The fourth-order valence-electron chi connectivity index (χ4n) is 1.60. The van der Waals surface area contributed by atoms with Gasteiger partial charge < -0.3 is 10.5 Å². The summed E-state index contributed by atoms with van der Waals surface area (Å²) < 4.78 is 5.64. The van der Waals surface area contributed by atoms with Gasteiger partial charge in [-0.1, -0.05) is 19.8 Å². The van der Waals surface area contributed by atoms with Crippen LogP contribution < -0.4 is 10.5 Å². The zero-order valence-electron chi connectivity index (χ0n) is 11.1. The minimum Gasteiger partial charge on any atom is -0.476 e. The van der Waals surface area contributed by atoms with Crippen LogP contribution in [0.5, 0.6) is 5.88 Å². The largest absolute Gasteiger partial charge is 0.476 e. The van der Waals surface area contributed by atoms with Crippen LogP contribution in [0.1, 0.15) is 26.2 Å². The van der Waals surface area contributed by atoms with Crippen LogP contribution in [0.2, 0.25) is 0 Å². The molecule has 19 heavy (non-hydrogen) atoms. The Labute approximate surface area is 116 Å². The molecule has 0 amide bonds. The summed E-state index contributed by atoms with van der Waals surface area (Å²) in [5, 5.41) is 0.794. The van der Waals surface area contributed by atoms with E-state index in [4.69, 9.17) is 10.5 Å². The number of fused-ring (bicyclic) bond motifs is 1. The van der Waals surface area contributed by atoms with E-state index in [1.54, 1.807) is 6.20 Å². The Morgan fingerprint density at radius 1 is 1.26 bits per heavy atom. The number of rotatable bonds is 6. The van der Waals surface area contributed by atoms with Crippen LogP contribution in [0.25, 0.3) is 11.2 Å². The second kappa shape index (κ2) is 6.51. The molecule has 0 unspecified atom stereocenters. The average molecular weight is 279 g/mol. The van der Waals surface area contributed by atoms with Crippen LogP contribution in [0.3, 0.4) is 0 Å². The molecule has 0 atom stereocenters. The summed E-state index contributed by atoms with van der Waals surface area (Å²) in [4.78, 5) is 16.8. The Morgan fingerprint density at radius 2 is 2.11 bits per heavy atom. The number of nitrogens with two attached hydrogens (primary N) is 1. The fourth-order valence-corrected chi connectivity index (χ4v) is 1.94. The van der Waals surface area contributed by atoms with E-state index < -0.39 is 0 Å². The summed E-state index contributed by atoms with van der Waals surface area (Å²) in [7, 11) is 0. The zero-order valence-corrected chi connectivity index (χ0v) is 11.9. The number of aromatic nitrogens is 4. The summed E-state index contributed by atoms with van der Waals surface area (Å²) in [5.41, 5.74) is 6.71. The van der Waals surface area contributed by atoms with Gasteiger partial charge in [0.15, 0.2) is 11.2 Å². The topological polar surface area (TPSA) is 86.8 Å². The molecule has 0 radical (unpaired) electrons. The monoisotopic (exact) mass is 279 g/mol. The van der Waals surface area contributed by atoms with Gasteiger partial charge in [0.25, 0.3) is 0 Å². The van der Waals surface area contributed by atoms with Gasteiger partial charge in [0, 0.05) is 0 Å². The molecule has 102 valence electrons. The number of nitrogens with zero attached hydrogens (tertiary/aromatic N) is 4. The minimum absolute atomic E-state index is 0.158. The quantitative estimate of drug-likeness (QED) is 0.641. The molecule has 0 spiro atoms. The first kappa shape index (κ1) is 13.8. The van der Waals surface area contributed by atoms with E-state index in [2.05, 4.69) is 26.9 Å². The summed E-state index contributed by atoms with van der Waals surface area (Å²) in [5.74, 6) is 0.573. The van der Waals surface area contributed by atoms with Gasteiger partial charge in [0.1, 0.15) is 5.03 Å². The Bertz CT molecular complexity index is 563. The molecule has 2 N–H and O–H groups in total. The van der Waals surface area contributed by atoms with Crippen molar-refractivity contribution in [1.82, 2.24) is 19.9 Å². The molecule has 0 aliphatic carbocycles. The van der Waals surface area contributed by atoms with Crippen molar-refractivity contribution in [3.05, 3.63) is 6.20 Å². The molecule has 7 heteroatoms. The van der Waals surface area contributed by atoms with Crippen LogP contribution in [-0.4, -0.2) is 32.8 Å². The maximum absolute atomic E-state index is 5.67. The summed E-state index contributed by atoms with van der Waals surface area (Å²) in [6.07, 6.45) is 6.87. The SMILES string of the molecule is CCCCCOc1nc(N)nc2nc(SC)cnc12.